The van der Waals surface area contributed by atoms with Crippen LogP contribution in [0.25, 0.3) is 0 Å². The van der Waals surface area contributed by atoms with Gasteiger partial charge in [-0.05, 0) is 13.3 Å². The molecule has 2 N–H and O–H groups in total. The van der Waals surface area contributed by atoms with E-state index in [0.717, 1.165) is 13.0 Å². The van der Waals surface area contributed by atoms with E-state index in [0.29, 0.717) is 12.3 Å². The molecule has 0 aromatic carbocycles. The first-order valence-corrected chi connectivity index (χ1v) is 5.32. The van der Waals surface area contributed by atoms with E-state index < -0.39 is 10.8 Å². The Morgan fingerprint density at radius 3 is 2.91 bits per heavy atom. The van der Waals surface area contributed by atoms with Crippen LogP contribution in [0.15, 0.2) is 0 Å². The van der Waals surface area contributed by atoms with Crippen molar-refractivity contribution in [3.63, 3.8) is 0 Å². The Hall–Kier alpha value is 0.0700. The van der Waals surface area contributed by atoms with Gasteiger partial charge in [-0.2, -0.15) is 0 Å². The van der Waals surface area contributed by atoms with Gasteiger partial charge in [-0.25, -0.2) is 0 Å². The van der Waals surface area contributed by atoms with Gasteiger partial charge >= 0.3 is 0 Å². The SMILES string of the molecule is CC1OCCC1S(=O)CCN. The monoisotopic (exact) mass is 177 g/mol. The van der Waals surface area contributed by atoms with Crippen LogP contribution in [-0.2, 0) is 15.5 Å². The molecule has 66 valence electrons. The molecule has 3 unspecified atom stereocenters. The summed E-state index contributed by atoms with van der Waals surface area (Å²) >= 11 is 0. The second-order valence-electron chi connectivity index (χ2n) is 2.78. The van der Waals surface area contributed by atoms with Crippen LogP contribution in [0.3, 0.4) is 0 Å². The summed E-state index contributed by atoms with van der Waals surface area (Å²) < 4.78 is 16.7. The third-order valence-electron chi connectivity index (χ3n) is 1.96. The predicted octanol–water partition coefficient (Wildman–Crippen LogP) is -0.129. The van der Waals surface area contributed by atoms with Crippen LogP contribution in [0, 0.1) is 0 Å². The highest BCUT2D eigenvalue weighted by atomic mass is 32.2. The molecule has 1 fully saturated rings. The summed E-state index contributed by atoms with van der Waals surface area (Å²) in [6.07, 6.45) is 1.08. The van der Waals surface area contributed by atoms with Crippen molar-refractivity contribution >= 4 is 10.8 Å². The maximum atomic E-state index is 11.4. The third kappa shape index (κ3) is 2.25. The molecule has 11 heavy (non-hydrogen) atoms. The normalized spacial score (nSPS) is 34.0. The van der Waals surface area contributed by atoms with Crippen molar-refractivity contribution in [3.8, 4) is 0 Å². The summed E-state index contributed by atoms with van der Waals surface area (Å²) in [6, 6.07) is 0. The lowest BCUT2D eigenvalue weighted by molar-refractivity contribution is 0.127. The molecule has 3 atom stereocenters. The Morgan fingerprint density at radius 2 is 2.45 bits per heavy atom. The number of nitrogens with two attached hydrogens (primary N) is 1. The number of rotatable bonds is 3. The molecule has 0 aromatic heterocycles. The molecule has 0 aromatic rings. The van der Waals surface area contributed by atoms with E-state index in [1.54, 1.807) is 0 Å². The van der Waals surface area contributed by atoms with E-state index in [2.05, 4.69) is 0 Å². The fraction of sp³-hybridized carbons (Fsp3) is 1.00. The highest BCUT2D eigenvalue weighted by Gasteiger charge is 2.28. The minimum Gasteiger partial charge on any atom is -0.377 e. The van der Waals surface area contributed by atoms with Gasteiger partial charge in [-0.15, -0.1) is 0 Å². The van der Waals surface area contributed by atoms with Crippen LogP contribution in [0.1, 0.15) is 13.3 Å². The molecular formula is C7H15NO2S. The summed E-state index contributed by atoms with van der Waals surface area (Å²) in [5, 5.41) is 0.221. The Kier molecular flexibility index (Phi) is 3.48. The van der Waals surface area contributed by atoms with E-state index >= 15 is 0 Å². The van der Waals surface area contributed by atoms with Crippen LogP contribution in [0.4, 0.5) is 0 Å². The topological polar surface area (TPSA) is 52.3 Å². The highest BCUT2D eigenvalue weighted by molar-refractivity contribution is 7.85. The molecule has 0 spiro atoms. The first-order valence-electron chi connectivity index (χ1n) is 3.94. The van der Waals surface area contributed by atoms with Gasteiger partial charge in [0.05, 0.1) is 11.4 Å². The zero-order valence-electron chi connectivity index (χ0n) is 6.79. The van der Waals surface area contributed by atoms with Crippen LogP contribution < -0.4 is 5.73 Å². The molecule has 1 saturated heterocycles. The summed E-state index contributed by atoms with van der Waals surface area (Å²) in [6.45, 7) is 3.24. The first kappa shape index (κ1) is 9.16. The smallest absolute Gasteiger partial charge is 0.0691 e. The molecule has 0 saturated carbocycles. The number of ether oxygens (including phenoxy) is 1. The standard InChI is InChI=1S/C7H15NO2S/c1-6-7(2-4-10-6)11(9)5-3-8/h6-7H,2-5,8H2,1H3. The fourth-order valence-corrected chi connectivity index (χ4v) is 2.73. The zero-order chi connectivity index (χ0) is 8.27. The Labute approximate surface area is 69.8 Å². The molecule has 0 radical (unpaired) electrons. The number of hydrogen-bond donors (Lipinski definition) is 1. The van der Waals surface area contributed by atoms with E-state index in [-0.39, 0.29) is 11.4 Å². The molecule has 0 bridgehead atoms. The van der Waals surface area contributed by atoms with Crippen LogP contribution in [0.5, 0.6) is 0 Å². The minimum atomic E-state index is -0.775. The van der Waals surface area contributed by atoms with Crippen LogP contribution >= 0.6 is 0 Å². The molecule has 1 heterocycles. The van der Waals surface area contributed by atoms with Gasteiger partial charge in [0.2, 0.25) is 0 Å². The third-order valence-corrected chi connectivity index (χ3v) is 3.90. The largest absolute Gasteiger partial charge is 0.377 e. The van der Waals surface area contributed by atoms with Gasteiger partial charge in [-0.1, -0.05) is 0 Å². The Balaban J connectivity index is 2.39. The number of hydrogen-bond acceptors (Lipinski definition) is 3. The van der Waals surface area contributed by atoms with Crippen molar-refractivity contribution in [1.29, 1.82) is 0 Å². The average molecular weight is 177 g/mol. The Bertz CT molecular complexity index is 151. The van der Waals surface area contributed by atoms with Gasteiger partial charge in [0.1, 0.15) is 0 Å². The highest BCUT2D eigenvalue weighted by Crippen LogP contribution is 2.18. The lowest BCUT2D eigenvalue weighted by Crippen LogP contribution is -2.27. The fourth-order valence-electron chi connectivity index (χ4n) is 1.32. The molecular weight excluding hydrogens is 162 g/mol. The second kappa shape index (κ2) is 4.18. The van der Waals surface area contributed by atoms with Crippen molar-refractivity contribution in [2.75, 3.05) is 18.9 Å². The van der Waals surface area contributed by atoms with Crippen molar-refractivity contribution in [2.45, 2.75) is 24.7 Å². The van der Waals surface area contributed by atoms with Gasteiger partial charge in [0.15, 0.2) is 0 Å². The minimum absolute atomic E-state index is 0.155. The van der Waals surface area contributed by atoms with Crippen molar-refractivity contribution < 1.29 is 8.95 Å². The average Bonchev–Trinajstić information content (AvgIpc) is 2.36. The molecule has 3 nitrogen and oxygen atoms in total. The maximum Gasteiger partial charge on any atom is 0.0691 e. The van der Waals surface area contributed by atoms with Gasteiger partial charge in [-0.3, -0.25) is 4.21 Å². The summed E-state index contributed by atoms with van der Waals surface area (Å²) in [5.74, 6) is 0.609. The van der Waals surface area contributed by atoms with Crippen molar-refractivity contribution in [2.24, 2.45) is 5.73 Å². The van der Waals surface area contributed by atoms with Gasteiger partial charge in [0.25, 0.3) is 0 Å². The zero-order valence-corrected chi connectivity index (χ0v) is 7.60. The molecule has 1 aliphatic rings. The second-order valence-corrected chi connectivity index (χ2v) is 4.55. The Morgan fingerprint density at radius 1 is 1.73 bits per heavy atom. The summed E-state index contributed by atoms with van der Waals surface area (Å²) in [4.78, 5) is 0. The summed E-state index contributed by atoms with van der Waals surface area (Å²) in [5.41, 5.74) is 5.31. The van der Waals surface area contributed by atoms with E-state index in [9.17, 15) is 4.21 Å². The first-order chi connectivity index (χ1) is 5.25. The summed E-state index contributed by atoms with van der Waals surface area (Å²) in [7, 11) is -0.775. The van der Waals surface area contributed by atoms with E-state index in [1.807, 2.05) is 6.92 Å². The van der Waals surface area contributed by atoms with Gasteiger partial charge < -0.3 is 10.5 Å². The lowest BCUT2D eigenvalue weighted by Gasteiger charge is -2.12. The van der Waals surface area contributed by atoms with Crippen molar-refractivity contribution in [3.05, 3.63) is 0 Å². The quantitative estimate of drug-likeness (QED) is 0.653. The van der Waals surface area contributed by atoms with Crippen LogP contribution in [0.2, 0.25) is 0 Å². The van der Waals surface area contributed by atoms with Crippen molar-refractivity contribution in [1.82, 2.24) is 0 Å². The molecule has 1 rings (SSSR count). The molecule has 0 amide bonds. The predicted molar refractivity (Wildman–Crippen MR) is 45.9 cm³/mol. The molecule has 0 aliphatic carbocycles. The maximum absolute atomic E-state index is 11.4. The van der Waals surface area contributed by atoms with E-state index in [4.69, 9.17) is 10.5 Å². The molecule has 4 heteroatoms. The van der Waals surface area contributed by atoms with Gasteiger partial charge in [0, 0.05) is 29.7 Å². The molecule has 1 aliphatic heterocycles. The van der Waals surface area contributed by atoms with E-state index in [1.165, 1.54) is 0 Å². The lowest BCUT2D eigenvalue weighted by atomic mass is 10.3. The van der Waals surface area contributed by atoms with Crippen LogP contribution in [-0.4, -0.2) is 34.5 Å².